The van der Waals surface area contributed by atoms with Crippen LogP contribution in [-0.4, -0.2) is 0 Å². The van der Waals surface area contributed by atoms with Gasteiger partial charge in [0.05, 0.1) is 0 Å². The van der Waals surface area contributed by atoms with Crippen LogP contribution in [-0.2, 0) is 0 Å². The number of alkyl halides is 1. The topological polar surface area (TPSA) is 0 Å². The second-order valence-corrected chi connectivity index (χ2v) is 7.59. The van der Waals surface area contributed by atoms with E-state index in [1.807, 2.05) is 0 Å². The standard InChI is InChI=1S/C16H20BrCl/c1-9-6-15(18)10(2)5-13(9)16(17)14-8-11-3-4-12(14)7-11/h5-6,11-12,14,16H,3-4,7-8H2,1-2H3. The third kappa shape index (κ3) is 2.14. The van der Waals surface area contributed by atoms with Crippen LogP contribution >= 0.6 is 27.5 Å². The van der Waals surface area contributed by atoms with Crippen LogP contribution in [0.1, 0.15) is 47.2 Å². The lowest BCUT2D eigenvalue weighted by Gasteiger charge is -2.28. The molecule has 1 aromatic rings. The Kier molecular flexibility index (Phi) is 3.49. The highest BCUT2D eigenvalue weighted by Gasteiger charge is 2.42. The summed E-state index contributed by atoms with van der Waals surface area (Å²) in [5.74, 6) is 2.80. The molecule has 2 bridgehead atoms. The molecule has 2 saturated carbocycles. The molecule has 0 saturated heterocycles. The van der Waals surface area contributed by atoms with Gasteiger partial charge in [-0.15, -0.1) is 0 Å². The second kappa shape index (κ2) is 4.83. The van der Waals surface area contributed by atoms with E-state index < -0.39 is 0 Å². The lowest BCUT2D eigenvalue weighted by molar-refractivity contribution is 0.329. The van der Waals surface area contributed by atoms with Crippen LogP contribution in [0, 0.1) is 31.6 Å². The maximum Gasteiger partial charge on any atom is 0.0438 e. The van der Waals surface area contributed by atoms with Crippen molar-refractivity contribution in [1.82, 2.24) is 0 Å². The summed E-state index contributed by atoms with van der Waals surface area (Å²) < 4.78 is 0. The fourth-order valence-electron chi connectivity index (χ4n) is 3.98. The van der Waals surface area contributed by atoms with Crippen molar-refractivity contribution in [2.45, 2.75) is 44.4 Å². The Morgan fingerprint density at radius 2 is 1.94 bits per heavy atom. The molecule has 0 heterocycles. The zero-order valence-electron chi connectivity index (χ0n) is 11.0. The van der Waals surface area contributed by atoms with Crippen molar-refractivity contribution >= 4 is 27.5 Å². The van der Waals surface area contributed by atoms with Gasteiger partial charge in [0.2, 0.25) is 0 Å². The second-order valence-electron chi connectivity index (χ2n) is 6.20. The molecule has 1 aromatic carbocycles. The summed E-state index contributed by atoms with van der Waals surface area (Å²) >= 11 is 10.2. The molecule has 2 heteroatoms. The van der Waals surface area contributed by atoms with Crippen LogP contribution in [0.2, 0.25) is 5.02 Å². The number of hydrogen-bond donors (Lipinski definition) is 0. The first kappa shape index (κ1) is 13.0. The van der Waals surface area contributed by atoms with Gasteiger partial charge in [-0.05, 0) is 73.6 Å². The van der Waals surface area contributed by atoms with Crippen molar-refractivity contribution in [3.63, 3.8) is 0 Å². The highest BCUT2D eigenvalue weighted by atomic mass is 79.9. The molecule has 0 N–H and O–H groups in total. The summed E-state index contributed by atoms with van der Waals surface area (Å²) in [5.41, 5.74) is 3.98. The molecule has 0 spiro atoms. The summed E-state index contributed by atoms with van der Waals surface area (Å²) in [4.78, 5) is 0.517. The van der Waals surface area contributed by atoms with Gasteiger partial charge in [-0.3, -0.25) is 0 Å². The molecule has 0 nitrogen and oxygen atoms in total. The average Bonchev–Trinajstić information content (AvgIpc) is 2.95. The minimum absolute atomic E-state index is 0.517. The Balaban J connectivity index is 1.88. The molecule has 2 aliphatic carbocycles. The molecule has 4 unspecified atom stereocenters. The van der Waals surface area contributed by atoms with Crippen LogP contribution in [0.5, 0.6) is 0 Å². The Bertz CT molecular complexity index is 468. The largest absolute Gasteiger partial charge is 0.0840 e. The lowest BCUT2D eigenvalue weighted by Crippen LogP contribution is -2.16. The third-order valence-electron chi connectivity index (χ3n) is 5.01. The Morgan fingerprint density at radius 3 is 2.56 bits per heavy atom. The summed E-state index contributed by atoms with van der Waals surface area (Å²) in [6.45, 7) is 4.29. The number of aryl methyl sites for hydroxylation is 2. The first-order valence-corrected chi connectivity index (χ1v) is 8.26. The van der Waals surface area contributed by atoms with Gasteiger partial charge < -0.3 is 0 Å². The predicted molar refractivity (Wildman–Crippen MR) is 81.5 cm³/mol. The fourth-order valence-corrected chi connectivity index (χ4v) is 5.34. The Morgan fingerprint density at radius 1 is 1.17 bits per heavy atom. The van der Waals surface area contributed by atoms with E-state index in [4.69, 9.17) is 11.6 Å². The Hall–Kier alpha value is -0.0100. The Labute approximate surface area is 123 Å². The quantitative estimate of drug-likeness (QED) is 0.600. The molecular formula is C16H20BrCl. The van der Waals surface area contributed by atoms with E-state index in [0.717, 1.165) is 22.8 Å². The normalized spacial score (nSPS) is 31.9. The van der Waals surface area contributed by atoms with Crippen molar-refractivity contribution in [3.8, 4) is 0 Å². The van der Waals surface area contributed by atoms with Crippen LogP contribution in [0.4, 0.5) is 0 Å². The van der Waals surface area contributed by atoms with Crippen molar-refractivity contribution in [3.05, 3.63) is 33.8 Å². The molecule has 0 amide bonds. The van der Waals surface area contributed by atoms with Crippen LogP contribution in [0.15, 0.2) is 12.1 Å². The zero-order valence-corrected chi connectivity index (χ0v) is 13.4. The van der Waals surface area contributed by atoms with Crippen molar-refractivity contribution < 1.29 is 0 Å². The number of halogens is 2. The fraction of sp³-hybridized carbons (Fsp3) is 0.625. The summed E-state index contributed by atoms with van der Waals surface area (Å²) in [6, 6.07) is 4.40. The van der Waals surface area contributed by atoms with Crippen LogP contribution in [0.3, 0.4) is 0 Å². The van der Waals surface area contributed by atoms with E-state index in [1.165, 1.54) is 42.4 Å². The molecule has 4 atom stereocenters. The van der Waals surface area contributed by atoms with E-state index in [9.17, 15) is 0 Å². The van der Waals surface area contributed by atoms with Gasteiger partial charge in [-0.25, -0.2) is 0 Å². The zero-order chi connectivity index (χ0) is 12.9. The molecule has 2 fully saturated rings. The molecule has 3 rings (SSSR count). The van der Waals surface area contributed by atoms with Crippen molar-refractivity contribution in [2.75, 3.05) is 0 Å². The molecule has 98 valence electrons. The van der Waals surface area contributed by atoms with Gasteiger partial charge in [-0.2, -0.15) is 0 Å². The third-order valence-corrected chi connectivity index (χ3v) is 6.59. The van der Waals surface area contributed by atoms with Crippen molar-refractivity contribution in [1.29, 1.82) is 0 Å². The van der Waals surface area contributed by atoms with Gasteiger partial charge >= 0.3 is 0 Å². The highest BCUT2D eigenvalue weighted by molar-refractivity contribution is 9.09. The summed E-state index contributed by atoms with van der Waals surface area (Å²) in [6.07, 6.45) is 5.81. The number of hydrogen-bond acceptors (Lipinski definition) is 0. The van der Waals surface area contributed by atoms with E-state index in [1.54, 1.807) is 0 Å². The number of fused-ring (bicyclic) bond motifs is 2. The average molecular weight is 328 g/mol. The minimum Gasteiger partial charge on any atom is -0.0840 e. The molecule has 0 radical (unpaired) electrons. The van der Waals surface area contributed by atoms with E-state index in [-0.39, 0.29) is 0 Å². The van der Waals surface area contributed by atoms with Gasteiger partial charge in [0.25, 0.3) is 0 Å². The van der Waals surface area contributed by atoms with Crippen LogP contribution < -0.4 is 0 Å². The summed E-state index contributed by atoms with van der Waals surface area (Å²) in [5, 5.41) is 0.892. The number of benzene rings is 1. The molecule has 18 heavy (non-hydrogen) atoms. The monoisotopic (exact) mass is 326 g/mol. The maximum atomic E-state index is 6.20. The van der Waals surface area contributed by atoms with E-state index in [0.29, 0.717) is 4.83 Å². The first-order valence-electron chi connectivity index (χ1n) is 6.97. The van der Waals surface area contributed by atoms with E-state index in [2.05, 4.69) is 41.9 Å². The number of rotatable bonds is 2. The van der Waals surface area contributed by atoms with Gasteiger partial charge in [-0.1, -0.05) is 40.0 Å². The van der Waals surface area contributed by atoms with Crippen molar-refractivity contribution in [2.24, 2.45) is 17.8 Å². The highest BCUT2D eigenvalue weighted by Crippen LogP contribution is 2.55. The maximum absolute atomic E-state index is 6.20. The van der Waals surface area contributed by atoms with E-state index >= 15 is 0 Å². The first-order chi connectivity index (χ1) is 8.56. The molecule has 2 aliphatic rings. The van der Waals surface area contributed by atoms with Crippen LogP contribution in [0.25, 0.3) is 0 Å². The van der Waals surface area contributed by atoms with Gasteiger partial charge in [0, 0.05) is 9.85 Å². The molecular weight excluding hydrogens is 308 g/mol. The smallest absolute Gasteiger partial charge is 0.0438 e. The minimum atomic E-state index is 0.517. The SMILES string of the molecule is Cc1cc(C(Br)C2CC3CCC2C3)c(C)cc1Cl. The molecule has 0 aliphatic heterocycles. The lowest BCUT2D eigenvalue weighted by atomic mass is 9.83. The van der Waals surface area contributed by atoms with Gasteiger partial charge in [0.15, 0.2) is 0 Å². The predicted octanol–water partition coefficient (Wildman–Crippen LogP) is 5.83. The van der Waals surface area contributed by atoms with Gasteiger partial charge in [0.1, 0.15) is 0 Å². The molecule has 0 aromatic heterocycles. The summed E-state index contributed by atoms with van der Waals surface area (Å²) in [7, 11) is 0.